The van der Waals surface area contributed by atoms with Gasteiger partial charge in [0.25, 0.3) is 0 Å². The minimum absolute atomic E-state index is 0.00250. The fourth-order valence-corrected chi connectivity index (χ4v) is 2.76. The Kier molecular flexibility index (Phi) is 2.71. The predicted octanol–water partition coefficient (Wildman–Crippen LogP) is 2.56. The van der Waals surface area contributed by atoms with Gasteiger partial charge in [-0.1, -0.05) is 37.3 Å². The fraction of sp³-hybridized carbons (Fsp3) is 0.400. The van der Waals surface area contributed by atoms with Crippen molar-refractivity contribution in [3.8, 4) is 0 Å². The van der Waals surface area contributed by atoms with Crippen LogP contribution in [0.4, 0.5) is 0 Å². The monoisotopic (exact) mass is 244 g/mol. The Morgan fingerprint density at radius 2 is 1.89 bits per heavy atom. The molecule has 0 aromatic heterocycles. The van der Waals surface area contributed by atoms with Gasteiger partial charge in [0.05, 0.1) is 11.7 Å². The summed E-state index contributed by atoms with van der Waals surface area (Å²) in [7, 11) is 0. The molecule has 3 rings (SSSR count). The molecule has 0 spiro atoms. The maximum atomic E-state index is 12.0. The van der Waals surface area contributed by atoms with E-state index in [4.69, 9.17) is 9.47 Å². The third kappa shape index (κ3) is 1.58. The van der Waals surface area contributed by atoms with Crippen molar-refractivity contribution in [1.29, 1.82) is 0 Å². The van der Waals surface area contributed by atoms with Gasteiger partial charge in [-0.3, -0.25) is 0 Å². The van der Waals surface area contributed by atoms with Gasteiger partial charge >= 0.3 is 5.97 Å². The maximum Gasteiger partial charge on any atom is 0.337 e. The second kappa shape index (κ2) is 4.25. The molecule has 2 aliphatic heterocycles. The summed E-state index contributed by atoms with van der Waals surface area (Å²) in [5.41, 5.74) is 2.80. The summed E-state index contributed by atoms with van der Waals surface area (Å²) < 4.78 is 11.2. The van der Waals surface area contributed by atoms with Crippen LogP contribution in [0.2, 0.25) is 0 Å². The molecule has 1 fully saturated rings. The molecule has 0 radical (unpaired) electrons. The van der Waals surface area contributed by atoms with Gasteiger partial charge in [0, 0.05) is 5.57 Å². The molecule has 3 nitrogen and oxygen atoms in total. The lowest BCUT2D eigenvalue weighted by atomic mass is 9.94. The molecule has 0 aliphatic carbocycles. The average molecular weight is 244 g/mol. The third-order valence-electron chi connectivity index (χ3n) is 3.60. The average Bonchev–Trinajstić information content (AvgIpc) is 2.90. The summed E-state index contributed by atoms with van der Waals surface area (Å²) >= 11 is 0. The van der Waals surface area contributed by atoms with Gasteiger partial charge in [0.15, 0.2) is 0 Å². The van der Waals surface area contributed by atoms with Crippen LogP contribution < -0.4 is 0 Å². The van der Waals surface area contributed by atoms with E-state index >= 15 is 0 Å². The van der Waals surface area contributed by atoms with Gasteiger partial charge in [-0.15, -0.1) is 0 Å². The second-order valence-corrected chi connectivity index (χ2v) is 4.76. The minimum Gasteiger partial charge on any atom is -0.456 e. The van der Waals surface area contributed by atoms with E-state index in [0.29, 0.717) is 0 Å². The number of benzene rings is 1. The minimum atomic E-state index is -0.220. The fourth-order valence-electron chi connectivity index (χ4n) is 2.76. The first kappa shape index (κ1) is 11.5. The van der Waals surface area contributed by atoms with Crippen LogP contribution in [0.25, 0.3) is 5.57 Å². The Hall–Kier alpha value is -1.61. The molecular formula is C15H16O3. The van der Waals surface area contributed by atoms with E-state index in [-0.39, 0.29) is 24.3 Å². The highest BCUT2D eigenvalue weighted by Gasteiger charge is 2.47. The predicted molar refractivity (Wildman–Crippen MR) is 67.9 cm³/mol. The van der Waals surface area contributed by atoms with Crippen molar-refractivity contribution < 1.29 is 14.3 Å². The number of ether oxygens (including phenoxy) is 2. The van der Waals surface area contributed by atoms with Crippen molar-refractivity contribution in [2.45, 2.75) is 38.6 Å². The number of esters is 1. The number of fused-ring (bicyclic) bond motifs is 1. The number of carbonyl (C=O) groups excluding carboxylic acids is 1. The summed E-state index contributed by atoms with van der Waals surface area (Å²) in [4.78, 5) is 12.0. The molecule has 1 saturated heterocycles. The molecule has 1 aromatic carbocycles. The summed E-state index contributed by atoms with van der Waals surface area (Å²) in [6.45, 7) is 3.96. The van der Waals surface area contributed by atoms with E-state index in [0.717, 1.165) is 23.1 Å². The Labute approximate surface area is 106 Å². The molecule has 2 aliphatic rings. The first-order valence-corrected chi connectivity index (χ1v) is 6.38. The van der Waals surface area contributed by atoms with Crippen molar-refractivity contribution in [3.63, 3.8) is 0 Å². The standard InChI is InChI=1S/C15H16O3/c1-3-11-12(10-7-5-4-6-8-10)13-14(18-11)9(2)17-15(13)16/h4-9,11,14H,3H2,1-2H3/t9-,11-,14+/m0/s1. The highest BCUT2D eigenvalue weighted by molar-refractivity contribution is 6.02. The molecule has 1 aromatic rings. The van der Waals surface area contributed by atoms with Crippen LogP contribution in [0.15, 0.2) is 35.9 Å². The van der Waals surface area contributed by atoms with E-state index in [1.165, 1.54) is 0 Å². The SMILES string of the molecule is CC[C@@H]1O[C@H]2C(=C1c1ccccc1)C(=O)O[C@H]2C. The van der Waals surface area contributed by atoms with E-state index in [2.05, 4.69) is 6.92 Å². The molecular weight excluding hydrogens is 228 g/mol. The molecule has 0 bridgehead atoms. The van der Waals surface area contributed by atoms with Crippen LogP contribution in [0.5, 0.6) is 0 Å². The van der Waals surface area contributed by atoms with Crippen molar-refractivity contribution in [2.24, 2.45) is 0 Å². The Bertz CT molecular complexity index is 504. The second-order valence-electron chi connectivity index (χ2n) is 4.76. The number of carbonyl (C=O) groups is 1. The van der Waals surface area contributed by atoms with Crippen LogP contribution in [0.1, 0.15) is 25.8 Å². The van der Waals surface area contributed by atoms with Gasteiger partial charge in [0.2, 0.25) is 0 Å². The summed E-state index contributed by atoms with van der Waals surface area (Å²) in [6.07, 6.45) is 0.493. The smallest absolute Gasteiger partial charge is 0.337 e. The lowest BCUT2D eigenvalue weighted by Gasteiger charge is -2.17. The van der Waals surface area contributed by atoms with Crippen LogP contribution in [0.3, 0.4) is 0 Å². The van der Waals surface area contributed by atoms with Gasteiger partial charge in [-0.05, 0) is 18.9 Å². The number of rotatable bonds is 2. The van der Waals surface area contributed by atoms with Crippen molar-refractivity contribution >= 4 is 11.5 Å². The molecule has 3 atom stereocenters. The molecule has 3 heteroatoms. The molecule has 18 heavy (non-hydrogen) atoms. The topological polar surface area (TPSA) is 35.5 Å². The number of cyclic esters (lactones) is 1. The normalized spacial score (nSPS) is 30.6. The van der Waals surface area contributed by atoms with Crippen molar-refractivity contribution in [3.05, 3.63) is 41.5 Å². The first-order chi connectivity index (χ1) is 8.72. The van der Waals surface area contributed by atoms with E-state index in [1.807, 2.05) is 37.3 Å². The number of hydrogen-bond donors (Lipinski definition) is 0. The van der Waals surface area contributed by atoms with Crippen molar-refractivity contribution in [1.82, 2.24) is 0 Å². The van der Waals surface area contributed by atoms with E-state index < -0.39 is 0 Å². The summed E-state index contributed by atoms with van der Waals surface area (Å²) in [6, 6.07) is 9.97. The molecule has 0 unspecified atom stereocenters. The Morgan fingerprint density at radius 3 is 2.56 bits per heavy atom. The zero-order valence-electron chi connectivity index (χ0n) is 10.6. The Balaban J connectivity index is 2.13. The molecule has 0 N–H and O–H groups in total. The third-order valence-corrected chi connectivity index (χ3v) is 3.60. The first-order valence-electron chi connectivity index (χ1n) is 6.38. The number of hydrogen-bond acceptors (Lipinski definition) is 3. The summed E-state index contributed by atoms with van der Waals surface area (Å²) in [5.74, 6) is -0.220. The summed E-state index contributed by atoms with van der Waals surface area (Å²) in [5, 5.41) is 0. The molecule has 2 heterocycles. The van der Waals surface area contributed by atoms with Gasteiger partial charge < -0.3 is 9.47 Å². The maximum absolute atomic E-state index is 12.0. The van der Waals surface area contributed by atoms with Gasteiger partial charge in [-0.25, -0.2) is 4.79 Å². The van der Waals surface area contributed by atoms with Crippen LogP contribution >= 0.6 is 0 Å². The quantitative estimate of drug-likeness (QED) is 0.750. The van der Waals surface area contributed by atoms with E-state index in [9.17, 15) is 4.79 Å². The van der Waals surface area contributed by atoms with Crippen LogP contribution in [-0.4, -0.2) is 24.3 Å². The highest BCUT2D eigenvalue weighted by atomic mass is 16.6. The van der Waals surface area contributed by atoms with Crippen molar-refractivity contribution in [2.75, 3.05) is 0 Å². The Morgan fingerprint density at radius 1 is 1.17 bits per heavy atom. The van der Waals surface area contributed by atoms with Crippen LogP contribution in [0, 0.1) is 0 Å². The zero-order chi connectivity index (χ0) is 12.7. The van der Waals surface area contributed by atoms with E-state index in [1.54, 1.807) is 0 Å². The zero-order valence-corrected chi connectivity index (χ0v) is 10.6. The highest BCUT2D eigenvalue weighted by Crippen LogP contribution is 2.41. The van der Waals surface area contributed by atoms with Gasteiger partial charge in [0.1, 0.15) is 12.2 Å². The lowest BCUT2D eigenvalue weighted by molar-refractivity contribution is -0.139. The van der Waals surface area contributed by atoms with Gasteiger partial charge in [-0.2, -0.15) is 0 Å². The molecule has 0 saturated carbocycles. The lowest BCUT2D eigenvalue weighted by Crippen LogP contribution is -2.22. The molecule has 94 valence electrons. The van der Waals surface area contributed by atoms with Crippen LogP contribution in [-0.2, 0) is 14.3 Å². The largest absolute Gasteiger partial charge is 0.456 e. The molecule has 0 amide bonds.